The fourth-order valence-electron chi connectivity index (χ4n) is 2.71. The van der Waals surface area contributed by atoms with E-state index in [-0.39, 0.29) is 24.2 Å². The minimum absolute atomic E-state index is 0. The SMILES string of the molecule is Cl.NCCCC(=O)N1CCCCC1C(=O)Nc1ccc(Cl)cc1Cl. The molecule has 0 radical (unpaired) electrons. The van der Waals surface area contributed by atoms with Crippen LogP contribution in [-0.2, 0) is 9.59 Å². The highest BCUT2D eigenvalue weighted by molar-refractivity contribution is 6.36. The van der Waals surface area contributed by atoms with Gasteiger partial charge in [0.05, 0.1) is 10.7 Å². The molecule has 8 heteroatoms. The van der Waals surface area contributed by atoms with E-state index in [4.69, 9.17) is 28.9 Å². The molecule has 1 aromatic carbocycles. The van der Waals surface area contributed by atoms with Crippen molar-refractivity contribution in [2.24, 2.45) is 5.73 Å². The number of carbonyl (C=O) groups excluding carboxylic acids is 2. The van der Waals surface area contributed by atoms with Crippen molar-refractivity contribution in [2.75, 3.05) is 18.4 Å². The second-order valence-electron chi connectivity index (χ2n) is 5.60. The number of rotatable bonds is 5. The van der Waals surface area contributed by atoms with Gasteiger partial charge in [0.1, 0.15) is 6.04 Å². The summed E-state index contributed by atoms with van der Waals surface area (Å²) in [7, 11) is 0. The van der Waals surface area contributed by atoms with Crippen LogP contribution < -0.4 is 11.1 Å². The third kappa shape index (κ3) is 5.52. The first kappa shape index (κ1) is 21.0. The van der Waals surface area contributed by atoms with Crippen molar-refractivity contribution in [1.82, 2.24) is 4.90 Å². The zero-order valence-corrected chi connectivity index (χ0v) is 15.6. The molecule has 134 valence electrons. The Bertz CT molecular complexity index is 584. The van der Waals surface area contributed by atoms with Crippen LogP contribution in [0.3, 0.4) is 0 Å². The maximum Gasteiger partial charge on any atom is 0.247 e. The molecule has 0 aromatic heterocycles. The van der Waals surface area contributed by atoms with Gasteiger partial charge in [-0.25, -0.2) is 0 Å². The number of carbonyl (C=O) groups is 2. The van der Waals surface area contributed by atoms with Crippen molar-refractivity contribution in [3.63, 3.8) is 0 Å². The van der Waals surface area contributed by atoms with Crippen LogP contribution in [0.2, 0.25) is 10.0 Å². The molecule has 24 heavy (non-hydrogen) atoms. The maximum atomic E-state index is 12.6. The average Bonchev–Trinajstić information content (AvgIpc) is 2.55. The Hall–Kier alpha value is -1.01. The molecule has 1 aliphatic rings. The van der Waals surface area contributed by atoms with Gasteiger partial charge in [0.25, 0.3) is 0 Å². The first-order valence-corrected chi connectivity index (χ1v) is 8.54. The number of hydrogen-bond acceptors (Lipinski definition) is 3. The van der Waals surface area contributed by atoms with E-state index in [9.17, 15) is 9.59 Å². The molecule has 1 aliphatic heterocycles. The zero-order chi connectivity index (χ0) is 16.8. The standard InChI is InChI=1S/C16H21Cl2N3O2.ClH/c17-11-6-7-13(12(18)10-11)20-16(23)14-4-1-2-9-21(14)15(22)5-3-8-19;/h6-7,10,14H,1-5,8-9,19H2,(H,20,23);1H. The van der Waals surface area contributed by atoms with E-state index in [0.29, 0.717) is 48.1 Å². The monoisotopic (exact) mass is 393 g/mol. The molecule has 0 saturated carbocycles. The molecule has 0 aliphatic carbocycles. The number of nitrogens with two attached hydrogens (primary N) is 1. The third-order valence-electron chi connectivity index (χ3n) is 3.91. The number of hydrogen-bond donors (Lipinski definition) is 2. The van der Waals surface area contributed by atoms with Crippen molar-refractivity contribution in [3.05, 3.63) is 28.2 Å². The lowest BCUT2D eigenvalue weighted by molar-refractivity contribution is -0.140. The number of piperidine rings is 1. The Kier molecular flexibility index (Phi) is 8.84. The average molecular weight is 395 g/mol. The molecule has 2 amide bonds. The number of nitrogens with zero attached hydrogens (tertiary/aromatic N) is 1. The summed E-state index contributed by atoms with van der Waals surface area (Å²) in [4.78, 5) is 26.5. The van der Waals surface area contributed by atoms with Gasteiger partial charge >= 0.3 is 0 Å². The van der Waals surface area contributed by atoms with Gasteiger partial charge in [0.15, 0.2) is 0 Å². The number of anilines is 1. The van der Waals surface area contributed by atoms with E-state index in [1.54, 1.807) is 23.1 Å². The summed E-state index contributed by atoms with van der Waals surface area (Å²) in [5.41, 5.74) is 5.96. The minimum atomic E-state index is -0.458. The van der Waals surface area contributed by atoms with Crippen LogP contribution in [0.4, 0.5) is 5.69 Å². The van der Waals surface area contributed by atoms with E-state index in [0.717, 1.165) is 12.8 Å². The quantitative estimate of drug-likeness (QED) is 0.803. The predicted octanol–water partition coefficient (Wildman–Crippen LogP) is 3.47. The van der Waals surface area contributed by atoms with Crippen molar-refractivity contribution in [1.29, 1.82) is 0 Å². The van der Waals surface area contributed by atoms with Crippen LogP contribution in [0, 0.1) is 0 Å². The van der Waals surface area contributed by atoms with Crippen LogP contribution in [0.1, 0.15) is 32.1 Å². The summed E-state index contributed by atoms with van der Waals surface area (Å²) in [5.74, 6) is -0.229. The van der Waals surface area contributed by atoms with Gasteiger partial charge in [0.2, 0.25) is 11.8 Å². The summed E-state index contributed by atoms with van der Waals surface area (Å²) in [6, 6.07) is 4.44. The van der Waals surface area contributed by atoms with Gasteiger partial charge in [0, 0.05) is 18.0 Å². The van der Waals surface area contributed by atoms with Gasteiger partial charge in [-0.3, -0.25) is 9.59 Å². The predicted molar refractivity (Wildman–Crippen MR) is 100.0 cm³/mol. The Morgan fingerprint density at radius 2 is 2.04 bits per heavy atom. The van der Waals surface area contributed by atoms with E-state index < -0.39 is 6.04 Å². The molecule has 2 rings (SSSR count). The molecule has 0 bridgehead atoms. The molecule has 1 fully saturated rings. The minimum Gasteiger partial charge on any atom is -0.331 e. The summed E-state index contributed by atoms with van der Waals surface area (Å²) in [6.07, 6.45) is 3.51. The van der Waals surface area contributed by atoms with Crippen molar-refractivity contribution >= 4 is 53.1 Å². The second kappa shape index (κ2) is 10.1. The maximum absolute atomic E-state index is 12.6. The smallest absolute Gasteiger partial charge is 0.247 e. The molecular weight excluding hydrogens is 373 g/mol. The fraction of sp³-hybridized carbons (Fsp3) is 0.500. The van der Waals surface area contributed by atoms with E-state index in [2.05, 4.69) is 5.32 Å². The largest absolute Gasteiger partial charge is 0.331 e. The van der Waals surface area contributed by atoms with Crippen LogP contribution in [0.25, 0.3) is 0 Å². The third-order valence-corrected chi connectivity index (χ3v) is 4.46. The Balaban J connectivity index is 0.00000288. The summed E-state index contributed by atoms with van der Waals surface area (Å²) >= 11 is 11.9. The molecule has 1 heterocycles. The van der Waals surface area contributed by atoms with Gasteiger partial charge in [-0.05, 0) is 50.4 Å². The Labute approximate surface area is 158 Å². The molecule has 1 atom stereocenters. The lowest BCUT2D eigenvalue weighted by atomic mass is 10.0. The lowest BCUT2D eigenvalue weighted by Crippen LogP contribution is -2.50. The lowest BCUT2D eigenvalue weighted by Gasteiger charge is -2.35. The molecule has 1 unspecified atom stereocenters. The van der Waals surface area contributed by atoms with E-state index in [1.165, 1.54) is 0 Å². The molecular formula is C16H22Cl3N3O2. The normalized spacial score (nSPS) is 17.1. The summed E-state index contributed by atoms with van der Waals surface area (Å²) in [6.45, 7) is 1.08. The van der Waals surface area contributed by atoms with Crippen LogP contribution in [0.15, 0.2) is 18.2 Å². The molecule has 3 N–H and O–H groups in total. The number of likely N-dealkylation sites (tertiary alicyclic amines) is 1. The molecule has 1 aromatic rings. The van der Waals surface area contributed by atoms with Crippen LogP contribution in [0.5, 0.6) is 0 Å². The summed E-state index contributed by atoms with van der Waals surface area (Å²) in [5, 5.41) is 3.68. The number of amides is 2. The fourth-order valence-corrected chi connectivity index (χ4v) is 3.16. The van der Waals surface area contributed by atoms with Crippen LogP contribution in [-0.4, -0.2) is 35.8 Å². The number of benzene rings is 1. The van der Waals surface area contributed by atoms with Gasteiger partial charge in [-0.2, -0.15) is 0 Å². The molecule has 0 spiro atoms. The first-order chi connectivity index (χ1) is 11.0. The highest BCUT2D eigenvalue weighted by atomic mass is 35.5. The van der Waals surface area contributed by atoms with Crippen molar-refractivity contribution in [2.45, 2.75) is 38.1 Å². The van der Waals surface area contributed by atoms with Crippen LogP contribution >= 0.6 is 35.6 Å². The van der Waals surface area contributed by atoms with Gasteiger partial charge in [-0.15, -0.1) is 12.4 Å². The number of nitrogens with one attached hydrogen (secondary N) is 1. The van der Waals surface area contributed by atoms with E-state index >= 15 is 0 Å². The van der Waals surface area contributed by atoms with Gasteiger partial charge < -0.3 is 16.0 Å². The number of halogens is 3. The zero-order valence-electron chi connectivity index (χ0n) is 13.3. The molecule has 5 nitrogen and oxygen atoms in total. The topological polar surface area (TPSA) is 75.4 Å². The first-order valence-electron chi connectivity index (χ1n) is 7.78. The molecule has 1 saturated heterocycles. The van der Waals surface area contributed by atoms with Gasteiger partial charge in [-0.1, -0.05) is 23.2 Å². The van der Waals surface area contributed by atoms with Crippen molar-refractivity contribution < 1.29 is 9.59 Å². The second-order valence-corrected chi connectivity index (χ2v) is 6.45. The highest BCUT2D eigenvalue weighted by Gasteiger charge is 2.31. The summed E-state index contributed by atoms with van der Waals surface area (Å²) < 4.78 is 0. The highest BCUT2D eigenvalue weighted by Crippen LogP contribution is 2.27. The van der Waals surface area contributed by atoms with E-state index in [1.807, 2.05) is 0 Å². The van der Waals surface area contributed by atoms with Crippen molar-refractivity contribution in [3.8, 4) is 0 Å². The Morgan fingerprint density at radius 3 is 2.71 bits per heavy atom. The Morgan fingerprint density at radius 1 is 1.29 bits per heavy atom.